The number of rotatable bonds is 7. The van der Waals surface area contributed by atoms with Crippen LogP contribution in [-0.4, -0.2) is 40.5 Å². The Morgan fingerprint density at radius 2 is 1.93 bits per heavy atom. The van der Waals surface area contributed by atoms with Gasteiger partial charge in [0.25, 0.3) is 0 Å². The maximum Gasteiger partial charge on any atom is 0.243 e. The fourth-order valence-electron chi connectivity index (χ4n) is 3.14. The van der Waals surface area contributed by atoms with Gasteiger partial charge in [-0.25, -0.2) is 8.42 Å². The summed E-state index contributed by atoms with van der Waals surface area (Å²) >= 11 is 0. The van der Waals surface area contributed by atoms with Gasteiger partial charge in [-0.2, -0.15) is 0 Å². The molecule has 0 saturated heterocycles. The van der Waals surface area contributed by atoms with Gasteiger partial charge in [-0.3, -0.25) is 9.10 Å². The highest BCUT2D eigenvalue weighted by Crippen LogP contribution is 2.33. The number of nitrogens with zero attached hydrogens (tertiary/aromatic N) is 1. The Kier molecular flexibility index (Phi) is 5.88. The molecule has 0 bridgehead atoms. The Balaban J connectivity index is 1.80. The molecule has 1 N–H and O–H groups in total. The molecule has 1 aliphatic heterocycles. The number of methoxy groups -OCH3 is 1. The largest absolute Gasteiger partial charge is 0.495 e. The molecule has 2 aromatic carbocycles. The van der Waals surface area contributed by atoms with E-state index >= 15 is 0 Å². The molecule has 0 saturated carbocycles. The van der Waals surface area contributed by atoms with Gasteiger partial charge in [0.2, 0.25) is 22.7 Å². The predicted octanol–water partition coefficient (Wildman–Crippen LogP) is 2.20. The van der Waals surface area contributed by atoms with E-state index in [1.807, 2.05) is 19.1 Å². The van der Waals surface area contributed by atoms with Crippen LogP contribution in [0.5, 0.6) is 17.2 Å². The van der Waals surface area contributed by atoms with Crippen LogP contribution in [0, 0.1) is 6.92 Å². The molecule has 0 aromatic heterocycles. The normalized spacial score (nSPS) is 13.7. The van der Waals surface area contributed by atoms with Gasteiger partial charge in [0, 0.05) is 6.54 Å². The molecule has 0 aliphatic carbocycles. The van der Waals surface area contributed by atoms with Gasteiger partial charge < -0.3 is 19.5 Å². The number of benzene rings is 2. The minimum atomic E-state index is -3.75. The van der Waals surface area contributed by atoms with Crippen molar-refractivity contribution in [2.45, 2.75) is 26.4 Å². The second-order valence-electron chi connectivity index (χ2n) is 6.82. The summed E-state index contributed by atoms with van der Waals surface area (Å²) in [6.07, 6.45) is 1.07. The molecule has 0 unspecified atom stereocenters. The molecule has 0 fully saturated rings. The molecular weight excluding hydrogens is 396 g/mol. The average molecular weight is 420 g/mol. The Labute approximate surface area is 170 Å². The number of sulfonamides is 1. The highest BCUT2D eigenvalue weighted by atomic mass is 32.2. The number of aryl methyl sites for hydroxylation is 1. The number of amides is 1. The van der Waals surface area contributed by atoms with Gasteiger partial charge in [0.1, 0.15) is 11.8 Å². The second-order valence-corrected chi connectivity index (χ2v) is 8.67. The molecule has 1 heterocycles. The summed E-state index contributed by atoms with van der Waals surface area (Å²) in [6, 6.07) is 9.57. The van der Waals surface area contributed by atoms with Crippen LogP contribution < -0.4 is 23.8 Å². The molecule has 1 amide bonds. The number of fused-ring (bicyclic) bond motifs is 1. The van der Waals surface area contributed by atoms with Gasteiger partial charge in [0.05, 0.1) is 19.1 Å². The minimum absolute atomic E-state index is 0.170. The van der Waals surface area contributed by atoms with Crippen molar-refractivity contribution in [1.82, 2.24) is 5.32 Å². The third-order valence-electron chi connectivity index (χ3n) is 4.56. The lowest BCUT2D eigenvalue weighted by atomic mass is 10.1. The molecule has 2 aromatic rings. The summed E-state index contributed by atoms with van der Waals surface area (Å²) < 4.78 is 42.0. The van der Waals surface area contributed by atoms with Crippen LogP contribution in [-0.2, 0) is 21.4 Å². The summed E-state index contributed by atoms with van der Waals surface area (Å²) in [5.74, 6) is 1.21. The third kappa shape index (κ3) is 4.56. The monoisotopic (exact) mass is 420 g/mol. The Hall–Kier alpha value is -2.94. The zero-order valence-electron chi connectivity index (χ0n) is 16.8. The van der Waals surface area contributed by atoms with E-state index in [0.29, 0.717) is 22.9 Å². The van der Waals surface area contributed by atoms with Crippen molar-refractivity contribution in [3.63, 3.8) is 0 Å². The summed E-state index contributed by atoms with van der Waals surface area (Å²) in [5.41, 5.74) is 1.98. The lowest BCUT2D eigenvalue weighted by molar-refractivity contribution is -0.122. The Morgan fingerprint density at radius 1 is 1.21 bits per heavy atom. The standard InChI is InChI=1S/C20H24N2O6S/c1-13-5-7-17(26-3)16(9-13)22(29(4,24)25)14(2)20(23)21-11-15-6-8-18-19(10-15)28-12-27-18/h5-10,14H,11-12H2,1-4H3,(H,21,23)/t14-/m1/s1. The van der Waals surface area contributed by atoms with Crippen molar-refractivity contribution >= 4 is 21.6 Å². The van der Waals surface area contributed by atoms with Crippen LogP contribution in [0.4, 0.5) is 5.69 Å². The Bertz CT molecular complexity index is 1020. The van der Waals surface area contributed by atoms with Gasteiger partial charge in [0.15, 0.2) is 11.5 Å². The van der Waals surface area contributed by atoms with Gasteiger partial charge in [-0.05, 0) is 49.2 Å². The first-order valence-electron chi connectivity index (χ1n) is 9.01. The van der Waals surface area contributed by atoms with Crippen LogP contribution in [0.15, 0.2) is 36.4 Å². The molecule has 0 spiro atoms. The molecule has 0 radical (unpaired) electrons. The van der Waals surface area contributed by atoms with E-state index in [4.69, 9.17) is 14.2 Å². The van der Waals surface area contributed by atoms with E-state index in [0.717, 1.165) is 21.7 Å². The summed E-state index contributed by atoms with van der Waals surface area (Å²) in [7, 11) is -2.29. The van der Waals surface area contributed by atoms with Crippen LogP contribution >= 0.6 is 0 Å². The van der Waals surface area contributed by atoms with Crippen molar-refractivity contribution in [3.8, 4) is 17.2 Å². The molecule has 29 heavy (non-hydrogen) atoms. The van der Waals surface area contributed by atoms with Gasteiger partial charge in [-0.15, -0.1) is 0 Å². The highest BCUT2D eigenvalue weighted by Gasteiger charge is 2.31. The first-order valence-corrected chi connectivity index (χ1v) is 10.9. The number of carbonyl (C=O) groups excluding carboxylic acids is 1. The van der Waals surface area contributed by atoms with E-state index in [-0.39, 0.29) is 13.3 Å². The zero-order valence-corrected chi connectivity index (χ0v) is 17.6. The topological polar surface area (TPSA) is 94.2 Å². The number of anilines is 1. The van der Waals surface area contributed by atoms with Crippen molar-refractivity contribution < 1.29 is 27.4 Å². The minimum Gasteiger partial charge on any atom is -0.495 e. The van der Waals surface area contributed by atoms with Crippen molar-refractivity contribution in [1.29, 1.82) is 0 Å². The van der Waals surface area contributed by atoms with Crippen LogP contribution in [0.1, 0.15) is 18.1 Å². The van der Waals surface area contributed by atoms with Crippen molar-refractivity contribution in [2.24, 2.45) is 0 Å². The van der Waals surface area contributed by atoms with E-state index in [2.05, 4.69) is 5.32 Å². The molecule has 3 rings (SSSR count). The van der Waals surface area contributed by atoms with E-state index in [1.54, 1.807) is 24.3 Å². The maximum atomic E-state index is 12.8. The third-order valence-corrected chi connectivity index (χ3v) is 5.79. The number of carbonyl (C=O) groups is 1. The van der Waals surface area contributed by atoms with Gasteiger partial charge >= 0.3 is 0 Å². The van der Waals surface area contributed by atoms with Crippen molar-refractivity contribution in [2.75, 3.05) is 24.5 Å². The fraction of sp³-hybridized carbons (Fsp3) is 0.350. The number of nitrogens with one attached hydrogen (secondary N) is 1. The zero-order chi connectivity index (χ0) is 21.2. The van der Waals surface area contributed by atoms with Crippen LogP contribution in [0.25, 0.3) is 0 Å². The summed E-state index contributed by atoms with van der Waals surface area (Å²) in [4.78, 5) is 12.8. The lowest BCUT2D eigenvalue weighted by Gasteiger charge is -2.29. The number of hydrogen-bond acceptors (Lipinski definition) is 6. The summed E-state index contributed by atoms with van der Waals surface area (Å²) in [5, 5.41) is 2.78. The van der Waals surface area contributed by atoms with Crippen LogP contribution in [0.3, 0.4) is 0 Å². The lowest BCUT2D eigenvalue weighted by Crippen LogP contribution is -2.47. The first kappa shape index (κ1) is 20.8. The summed E-state index contributed by atoms with van der Waals surface area (Å²) in [6.45, 7) is 3.78. The SMILES string of the molecule is COc1ccc(C)cc1N([C@H](C)C(=O)NCc1ccc2c(c1)OCO2)S(C)(=O)=O. The van der Waals surface area contributed by atoms with E-state index in [9.17, 15) is 13.2 Å². The second kappa shape index (κ2) is 8.20. The number of ether oxygens (including phenoxy) is 3. The quantitative estimate of drug-likeness (QED) is 0.738. The van der Waals surface area contributed by atoms with E-state index < -0.39 is 22.0 Å². The average Bonchev–Trinajstić information content (AvgIpc) is 3.13. The Morgan fingerprint density at radius 3 is 2.62 bits per heavy atom. The van der Waals surface area contributed by atoms with Gasteiger partial charge in [-0.1, -0.05) is 12.1 Å². The van der Waals surface area contributed by atoms with Crippen molar-refractivity contribution in [3.05, 3.63) is 47.5 Å². The molecule has 1 aliphatic rings. The highest BCUT2D eigenvalue weighted by molar-refractivity contribution is 7.92. The van der Waals surface area contributed by atoms with E-state index in [1.165, 1.54) is 14.0 Å². The first-order chi connectivity index (χ1) is 13.7. The molecule has 9 heteroatoms. The number of hydrogen-bond donors (Lipinski definition) is 1. The molecule has 156 valence electrons. The fourth-order valence-corrected chi connectivity index (χ4v) is 4.31. The smallest absolute Gasteiger partial charge is 0.243 e. The predicted molar refractivity (Wildman–Crippen MR) is 109 cm³/mol. The molecular formula is C20H24N2O6S. The maximum absolute atomic E-state index is 12.8. The molecule has 1 atom stereocenters. The molecule has 8 nitrogen and oxygen atoms in total. The van der Waals surface area contributed by atoms with Crippen LogP contribution in [0.2, 0.25) is 0 Å².